The maximum atomic E-state index is 2.34. The van der Waals surface area contributed by atoms with E-state index < -0.39 is 0 Å². The van der Waals surface area contributed by atoms with Gasteiger partial charge in [0.1, 0.15) is 0 Å². The molecule has 40 heavy (non-hydrogen) atoms. The fourth-order valence-electron chi connectivity index (χ4n) is 6.46. The van der Waals surface area contributed by atoms with Gasteiger partial charge in [-0.2, -0.15) is 0 Å². The van der Waals surface area contributed by atoms with Gasteiger partial charge < -0.3 is 0 Å². The van der Waals surface area contributed by atoms with Gasteiger partial charge in [-0.3, -0.25) is 0 Å². The minimum Gasteiger partial charge on any atom is -0.0616 e. The lowest BCUT2D eigenvalue weighted by Gasteiger charge is -2.20. The molecule has 8 aromatic carbocycles. The van der Waals surface area contributed by atoms with Crippen LogP contribution in [0.1, 0.15) is 0 Å². The molecule has 186 valence electrons. The Balaban J connectivity index is 1.51. The third kappa shape index (κ3) is 3.54. The molecule has 0 radical (unpaired) electrons. The van der Waals surface area contributed by atoms with Crippen LogP contribution in [0.15, 0.2) is 158 Å². The van der Waals surface area contributed by atoms with Crippen molar-refractivity contribution in [2.45, 2.75) is 0 Å². The van der Waals surface area contributed by atoms with Crippen LogP contribution >= 0.6 is 0 Å². The number of benzene rings is 8. The van der Waals surface area contributed by atoms with Gasteiger partial charge in [-0.05, 0) is 76.5 Å². The highest BCUT2D eigenvalue weighted by molar-refractivity contribution is 6.18. The van der Waals surface area contributed by atoms with Gasteiger partial charge in [0.15, 0.2) is 0 Å². The maximum absolute atomic E-state index is 2.34. The standard InChI is InChI=1S/C40H26/c1-4-16-30-27(11-1)14-9-21-33(30)34-19-7-8-20-35(34)39-26-25-36-31-17-5-3-13-29(31)23-24-38(36)40(39)37-22-10-15-28-12-2-6-18-32(28)37/h1-26H. The molecule has 0 nitrogen and oxygen atoms in total. The highest BCUT2D eigenvalue weighted by atomic mass is 14.2. The van der Waals surface area contributed by atoms with Gasteiger partial charge in [0.25, 0.3) is 0 Å². The lowest BCUT2D eigenvalue weighted by Crippen LogP contribution is -1.93. The summed E-state index contributed by atoms with van der Waals surface area (Å²) in [5, 5.41) is 10.2. The molecule has 0 saturated carbocycles. The van der Waals surface area contributed by atoms with E-state index in [0.717, 1.165) is 0 Å². The van der Waals surface area contributed by atoms with Gasteiger partial charge in [-0.1, -0.05) is 158 Å². The van der Waals surface area contributed by atoms with Gasteiger partial charge >= 0.3 is 0 Å². The molecule has 0 aliphatic carbocycles. The summed E-state index contributed by atoms with van der Waals surface area (Å²) in [7, 11) is 0. The van der Waals surface area contributed by atoms with E-state index in [0.29, 0.717) is 0 Å². The molecule has 0 fully saturated rings. The smallest absolute Gasteiger partial charge is 0.00201 e. The molecule has 0 atom stereocenters. The predicted molar refractivity (Wildman–Crippen MR) is 173 cm³/mol. The fourth-order valence-corrected chi connectivity index (χ4v) is 6.46. The largest absolute Gasteiger partial charge is 0.0616 e. The molecule has 0 heterocycles. The van der Waals surface area contributed by atoms with E-state index in [1.54, 1.807) is 0 Å². The van der Waals surface area contributed by atoms with Gasteiger partial charge in [-0.25, -0.2) is 0 Å². The van der Waals surface area contributed by atoms with Crippen molar-refractivity contribution in [3.05, 3.63) is 158 Å². The molecule has 0 unspecified atom stereocenters. The molecule has 8 aromatic rings. The monoisotopic (exact) mass is 506 g/mol. The van der Waals surface area contributed by atoms with Crippen LogP contribution in [0, 0.1) is 0 Å². The predicted octanol–water partition coefficient (Wildman–Crippen LogP) is 11.3. The zero-order valence-corrected chi connectivity index (χ0v) is 22.0. The van der Waals surface area contributed by atoms with Crippen molar-refractivity contribution >= 4 is 43.1 Å². The molecule has 8 rings (SSSR count). The molecule has 0 aliphatic heterocycles. The summed E-state index contributed by atoms with van der Waals surface area (Å²) in [6, 6.07) is 57.6. The molecule has 0 amide bonds. The number of hydrogen-bond acceptors (Lipinski definition) is 0. The molecule has 0 heteroatoms. The van der Waals surface area contributed by atoms with E-state index in [1.165, 1.54) is 76.5 Å². The van der Waals surface area contributed by atoms with Crippen LogP contribution in [-0.2, 0) is 0 Å². The zero-order valence-electron chi connectivity index (χ0n) is 22.0. The Labute approximate surface area is 233 Å². The summed E-state index contributed by atoms with van der Waals surface area (Å²) in [5.74, 6) is 0. The second-order valence-electron chi connectivity index (χ2n) is 10.5. The van der Waals surface area contributed by atoms with Crippen LogP contribution in [-0.4, -0.2) is 0 Å². The van der Waals surface area contributed by atoms with E-state index in [4.69, 9.17) is 0 Å². The first-order chi connectivity index (χ1) is 19.9. The van der Waals surface area contributed by atoms with Crippen LogP contribution in [0.3, 0.4) is 0 Å². The minimum atomic E-state index is 1.25. The van der Waals surface area contributed by atoms with Crippen molar-refractivity contribution in [3.8, 4) is 33.4 Å². The number of rotatable bonds is 3. The summed E-state index contributed by atoms with van der Waals surface area (Å²) in [4.78, 5) is 0. The van der Waals surface area contributed by atoms with Crippen molar-refractivity contribution in [2.24, 2.45) is 0 Å². The van der Waals surface area contributed by atoms with Gasteiger partial charge in [0.2, 0.25) is 0 Å². The van der Waals surface area contributed by atoms with Crippen LogP contribution in [0.5, 0.6) is 0 Å². The molecule has 0 bridgehead atoms. The third-order valence-electron chi connectivity index (χ3n) is 8.28. The number of hydrogen-bond donors (Lipinski definition) is 0. The first-order valence-corrected chi connectivity index (χ1v) is 13.9. The maximum Gasteiger partial charge on any atom is -0.00201 e. The minimum absolute atomic E-state index is 1.25. The Bertz CT molecular complexity index is 2210. The van der Waals surface area contributed by atoms with E-state index in [9.17, 15) is 0 Å². The Morgan fingerprint density at radius 1 is 0.200 bits per heavy atom. The quantitative estimate of drug-likeness (QED) is 0.209. The van der Waals surface area contributed by atoms with Crippen molar-refractivity contribution in [2.75, 3.05) is 0 Å². The van der Waals surface area contributed by atoms with Crippen molar-refractivity contribution in [3.63, 3.8) is 0 Å². The Kier molecular flexibility index (Phi) is 5.24. The third-order valence-corrected chi connectivity index (χ3v) is 8.28. The summed E-state index contributed by atoms with van der Waals surface area (Å²) in [5.41, 5.74) is 7.56. The van der Waals surface area contributed by atoms with Crippen molar-refractivity contribution in [1.29, 1.82) is 0 Å². The number of fused-ring (bicyclic) bond motifs is 5. The average Bonchev–Trinajstić information content (AvgIpc) is 3.03. The van der Waals surface area contributed by atoms with E-state index in [2.05, 4.69) is 158 Å². The Morgan fingerprint density at radius 2 is 0.650 bits per heavy atom. The molecule has 0 N–H and O–H groups in total. The van der Waals surface area contributed by atoms with Crippen LogP contribution in [0.4, 0.5) is 0 Å². The summed E-state index contributed by atoms with van der Waals surface area (Å²) >= 11 is 0. The molecular formula is C40H26. The Morgan fingerprint density at radius 3 is 1.35 bits per heavy atom. The van der Waals surface area contributed by atoms with Gasteiger partial charge in [0.05, 0.1) is 0 Å². The average molecular weight is 507 g/mol. The zero-order chi connectivity index (χ0) is 26.5. The molecule has 0 spiro atoms. The topological polar surface area (TPSA) is 0 Å². The van der Waals surface area contributed by atoms with Crippen molar-refractivity contribution < 1.29 is 0 Å². The molecular weight excluding hydrogens is 480 g/mol. The Hall–Kier alpha value is -5.20. The first kappa shape index (κ1) is 22.8. The van der Waals surface area contributed by atoms with Crippen molar-refractivity contribution in [1.82, 2.24) is 0 Å². The summed E-state index contributed by atoms with van der Waals surface area (Å²) < 4.78 is 0. The molecule has 0 aliphatic rings. The summed E-state index contributed by atoms with van der Waals surface area (Å²) in [6.07, 6.45) is 0. The lowest BCUT2D eigenvalue weighted by molar-refractivity contribution is 1.61. The first-order valence-electron chi connectivity index (χ1n) is 13.9. The molecule has 0 aromatic heterocycles. The molecule has 0 saturated heterocycles. The summed E-state index contributed by atoms with van der Waals surface area (Å²) in [6.45, 7) is 0. The van der Waals surface area contributed by atoms with Crippen LogP contribution in [0.25, 0.3) is 76.5 Å². The second-order valence-corrected chi connectivity index (χ2v) is 10.5. The van der Waals surface area contributed by atoms with Gasteiger partial charge in [0, 0.05) is 0 Å². The van der Waals surface area contributed by atoms with E-state index >= 15 is 0 Å². The highest BCUT2D eigenvalue weighted by Gasteiger charge is 2.18. The normalized spacial score (nSPS) is 11.5. The second kappa shape index (κ2) is 9.22. The SMILES string of the molecule is c1ccc(-c2cccc3ccccc23)c(-c2ccc3c(ccc4ccccc43)c2-c2cccc3ccccc23)c1. The van der Waals surface area contributed by atoms with E-state index in [1.807, 2.05) is 0 Å². The van der Waals surface area contributed by atoms with Crippen LogP contribution < -0.4 is 0 Å². The fraction of sp³-hybridized carbons (Fsp3) is 0. The highest BCUT2D eigenvalue weighted by Crippen LogP contribution is 2.45. The van der Waals surface area contributed by atoms with Gasteiger partial charge in [-0.15, -0.1) is 0 Å². The van der Waals surface area contributed by atoms with Crippen LogP contribution in [0.2, 0.25) is 0 Å². The van der Waals surface area contributed by atoms with E-state index in [-0.39, 0.29) is 0 Å². The lowest BCUT2D eigenvalue weighted by atomic mass is 9.83.